The highest BCUT2D eigenvalue weighted by Crippen LogP contribution is 2.22. The lowest BCUT2D eigenvalue weighted by molar-refractivity contribution is -0.121. The van der Waals surface area contributed by atoms with Crippen molar-refractivity contribution in [1.29, 1.82) is 0 Å². The van der Waals surface area contributed by atoms with Crippen molar-refractivity contribution in [2.45, 2.75) is 6.42 Å². The molecule has 3 rings (SSSR count). The van der Waals surface area contributed by atoms with Gasteiger partial charge in [0.15, 0.2) is 0 Å². The van der Waals surface area contributed by atoms with Crippen LogP contribution >= 0.6 is 0 Å². The summed E-state index contributed by atoms with van der Waals surface area (Å²) in [6.07, 6.45) is 0.00187. The number of halogens is 1. The van der Waals surface area contributed by atoms with Gasteiger partial charge in [-0.1, -0.05) is 12.1 Å². The summed E-state index contributed by atoms with van der Waals surface area (Å²) in [5.41, 5.74) is 11.1. The van der Waals surface area contributed by atoms with E-state index in [0.29, 0.717) is 28.2 Å². The summed E-state index contributed by atoms with van der Waals surface area (Å²) in [5.74, 6) is -0.859. The molecule has 4 N–H and O–H groups in total. The molecule has 152 valence electrons. The second kappa shape index (κ2) is 9.33. The predicted octanol–water partition coefficient (Wildman–Crippen LogP) is 2.72. The molecule has 0 atom stereocenters. The number of amides is 3. The van der Waals surface area contributed by atoms with Crippen LogP contribution in [-0.2, 0) is 11.2 Å². The molecule has 3 amide bonds. The van der Waals surface area contributed by atoms with Gasteiger partial charge in [-0.05, 0) is 66.2 Å². The zero-order valence-corrected chi connectivity index (χ0v) is 15.7. The molecule has 0 radical (unpaired) electrons. The molecular weight excluding hydrogens is 389 g/mol. The average Bonchev–Trinajstić information content (AvgIpc) is 2.74. The molecule has 0 saturated carbocycles. The first-order valence-corrected chi connectivity index (χ1v) is 8.92. The molecule has 0 heterocycles. The van der Waals surface area contributed by atoms with Crippen molar-refractivity contribution in [1.82, 2.24) is 10.9 Å². The normalized spacial score (nSPS) is 10.2. The maximum absolute atomic E-state index is 12.9. The van der Waals surface area contributed by atoms with Crippen LogP contribution in [-0.4, -0.2) is 17.7 Å². The Morgan fingerprint density at radius 2 is 1.30 bits per heavy atom. The largest absolute Gasteiger partial charge is 0.457 e. The van der Waals surface area contributed by atoms with Crippen molar-refractivity contribution < 1.29 is 23.5 Å². The monoisotopic (exact) mass is 407 g/mol. The summed E-state index contributed by atoms with van der Waals surface area (Å²) < 4.78 is 18.5. The Hall–Kier alpha value is -4.20. The second-order valence-electron chi connectivity index (χ2n) is 6.32. The lowest BCUT2D eigenvalue weighted by Gasteiger charge is -2.09. The Labute approximate surface area is 171 Å². The van der Waals surface area contributed by atoms with Crippen molar-refractivity contribution in [3.8, 4) is 11.5 Å². The number of hydrogen-bond donors (Lipinski definition) is 3. The van der Waals surface area contributed by atoms with E-state index in [1.165, 1.54) is 36.4 Å². The molecule has 3 aromatic carbocycles. The molecule has 3 aromatic rings. The Balaban J connectivity index is 1.51. The van der Waals surface area contributed by atoms with Gasteiger partial charge in [0.25, 0.3) is 5.91 Å². The topological polar surface area (TPSA) is 111 Å². The number of carbonyl (C=O) groups is 3. The number of primary amides is 1. The summed E-state index contributed by atoms with van der Waals surface area (Å²) in [6.45, 7) is 0. The third kappa shape index (κ3) is 5.65. The Bertz CT molecular complexity index is 1050. The smallest absolute Gasteiger partial charge is 0.269 e. The Morgan fingerprint density at radius 1 is 0.767 bits per heavy atom. The van der Waals surface area contributed by atoms with Crippen molar-refractivity contribution in [2.75, 3.05) is 0 Å². The van der Waals surface area contributed by atoms with Crippen LogP contribution < -0.4 is 21.3 Å². The minimum Gasteiger partial charge on any atom is -0.457 e. The molecule has 0 aromatic heterocycles. The van der Waals surface area contributed by atoms with Gasteiger partial charge in [-0.2, -0.15) is 0 Å². The van der Waals surface area contributed by atoms with Gasteiger partial charge >= 0.3 is 0 Å². The lowest BCUT2D eigenvalue weighted by Crippen LogP contribution is -2.42. The molecular formula is C22H18FN3O4. The minimum atomic E-state index is -0.526. The van der Waals surface area contributed by atoms with Crippen LogP contribution in [0.15, 0.2) is 72.8 Å². The molecule has 0 saturated heterocycles. The van der Waals surface area contributed by atoms with Gasteiger partial charge in [0, 0.05) is 11.1 Å². The molecule has 7 nitrogen and oxygen atoms in total. The maximum atomic E-state index is 12.9. The van der Waals surface area contributed by atoms with Gasteiger partial charge in [0.1, 0.15) is 17.3 Å². The first kappa shape index (κ1) is 20.5. The summed E-state index contributed by atoms with van der Waals surface area (Å²) in [6, 6.07) is 18.1. The van der Waals surface area contributed by atoms with E-state index in [-0.39, 0.29) is 12.2 Å². The standard InChI is InChI=1S/C22H18FN3O4/c23-17-7-1-14(2-8-17)13-20(27)25-26-22(29)16-5-11-19(12-6-16)30-18-9-3-15(4-10-18)21(24)28/h1-12H,13H2,(H2,24,28)(H,25,27)(H,26,29). The highest BCUT2D eigenvalue weighted by Gasteiger charge is 2.09. The van der Waals surface area contributed by atoms with Gasteiger partial charge < -0.3 is 10.5 Å². The van der Waals surface area contributed by atoms with Crippen LogP contribution in [0, 0.1) is 5.82 Å². The quantitative estimate of drug-likeness (QED) is 0.546. The fourth-order valence-electron chi connectivity index (χ4n) is 2.53. The third-order valence-electron chi connectivity index (χ3n) is 4.08. The number of benzene rings is 3. The van der Waals surface area contributed by atoms with Crippen LogP contribution in [0.2, 0.25) is 0 Å². The van der Waals surface area contributed by atoms with E-state index in [1.807, 2.05) is 0 Å². The minimum absolute atomic E-state index is 0.00187. The summed E-state index contributed by atoms with van der Waals surface area (Å²) in [4.78, 5) is 35.1. The fraction of sp³-hybridized carbons (Fsp3) is 0.0455. The highest BCUT2D eigenvalue weighted by atomic mass is 19.1. The number of nitrogens with one attached hydrogen (secondary N) is 2. The maximum Gasteiger partial charge on any atom is 0.269 e. The van der Waals surface area contributed by atoms with E-state index in [2.05, 4.69) is 10.9 Å². The van der Waals surface area contributed by atoms with E-state index >= 15 is 0 Å². The van der Waals surface area contributed by atoms with Gasteiger partial charge in [-0.3, -0.25) is 25.2 Å². The molecule has 30 heavy (non-hydrogen) atoms. The molecule has 8 heteroatoms. The number of hydrazine groups is 1. The van der Waals surface area contributed by atoms with Gasteiger partial charge in [0.05, 0.1) is 6.42 Å². The van der Waals surface area contributed by atoms with E-state index in [4.69, 9.17) is 10.5 Å². The number of ether oxygens (including phenoxy) is 1. The van der Waals surface area contributed by atoms with E-state index < -0.39 is 17.7 Å². The molecule has 0 aliphatic carbocycles. The van der Waals surface area contributed by atoms with E-state index in [9.17, 15) is 18.8 Å². The SMILES string of the molecule is NC(=O)c1ccc(Oc2ccc(C(=O)NNC(=O)Cc3ccc(F)cc3)cc2)cc1. The molecule has 0 spiro atoms. The second-order valence-corrected chi connectivity index (χ2v) is 6.32. The summed E-state index contributed by atoms with van der Waals surface area (Å²) in [5, 5.41) is 0. The number of rotatable bonds is 6. The molecule has 0 aliphatic heterocycles. The van der Waals surface area contributed by atoms with Gasteiger partial charge in [-0.15, -0.1) is 0 Å². The molecule has 0 fully saturated rings. The summed E-state index contributed by atoms with van der Waals surface area (Å²) >= 11 is 0. The number of hydrogen-bond acceptors (Lipinski definition) is 4. The number of carbonyl (C=O) groups excluding carboxylic acids is 3. The molecule has 0 unspecified atom stereocenters. The van der Waals surface area contributed by atoms with Crippen LogP contribution in [0.3, 0.4) is 0 Å². The molecule has 0 aliphatic rings. The fourth-order valence-corrected chi connectivity index (χ4v) is 2.53. The van der Waals surface area contributed by atoms with E-state index in [0.717, 1.165) is 0 Å². The van der Waals surface area contributed by atoms with Crippen LogP contribution in [0.25, 0.3) is 0 Å². The van der Waals surface area contributed by atoms with Crippen molar-refractivity contribution in [3.63, 3.8) is 0 Å². The predicted molar refractivity (Wildman–Crippen MR) is 107 cm³/mol. The van der Waals surface area contributed by atoms with Crippen molar-refractivity contribution in [3.05, 3.63) is 95.3 Å². The number of nitrogens with two attached hydrogens (primary N) is 1. The first-order chi connectivity index (χ1) is 14.4. The van der Waals surface area contributed by atoms with Crippen molar-refractivity contribution >= 4 is 17.7 Å². The molecule has 0 bridgehead atoms. The zero-order chi connectivity index (χ0) is 21.5. The van der Waals surface area contributed by atoms with E-state index in [1.54, 1.807) is 36.4 Å². The third-order valence-corrected chi connectivity index (χ3v) is 4.08. The van der Waals surface area contributed by atoms with Crippen LogP contribution in [0.5, 0.6) is 11.5 Å². The average molecular weight is 407 g/mol. The highest BCUT2D eigenvalue weighted by molar-refractivity contribution is 5.95. The Kier molecular flexibility index (Phi) is 6.39. The Morgan fingerprint density at radius 3 is 1.83 bits per heavy atom. The van der Waals surface area contributed by atoms with Crippen LogP contribution in [0.1, 0.15) is 26.3 Å². The first-order valence-electron chi connectivity index (χ1n) is 8.92. The van der Waals surface area contributed by atoms with Crippen molar-refractivity contribution in [2.24, 2.45) is 5.73 Å². The zero-order valence-electron chi connectivity index (χ0n) is 15.7. The lowest BCUT2D eigenvalue weighted by atomic mass is 10.1. The van der Waals surface area contributed by atoms with Gasteiger partial charge in [0.2, 0.25) is 11.8 Å². The van der Waals surface area contributed by atoms with Crippen LogP contribution in [0.4, 0.5) is 4.39 Å². The summed E-state index contributed by atoms with van der Waals surface area (Å²) in [7, 11) is 0. The van der Waals surface area contributed by atoms with Gasteiger partial charge in [-0.25, -0.2) is 4.39 Å².